The molecule has 0 heterocycles. The number of nitrogens with one attached hydrogen (secondary N) is 1. The highest BCUT2D eigenvalue weighted by molar-refractivity contribution is 9.10. The zero-order valence-electron chi connectivity index (χ0n) is 10.0. The van der Waals surface area contributed by atoms with Crippen molar-refractivity contribution in [1.82, 2.24) is 0 Å². The van der Waals surface area contributed by atoms with Crippen LogP contribution in [0.3, 0.4) is 0 Å². The molecular formula is C12H17BrFNO2. The summed E-state index contributed by atoms with van der Waals surface area (Å²) in [6.45, 7) is 5.31. The van der Waals surface area contributed by atoms with Gasteiger partial charge in [-0.1, -0.05) is 6.07 Å². The number of anilines is 1. The van der Waals surface area contributed by atoms with E-state index in [-0.39, 0.29) is 12.1 Å². The van der Waals surface area contributed by atoms with E-state index in [1.54, 1.807) is 12.1 Å². The van der Waals surface area contributed by atoms with Gasteiger partial charge in [0.2, 0.25) is 0 Å². The van der Waals surface area contributed by atoms with Gasteiger partial charge in [-0.15, -0.1) is 0 Å². The molecular weight excluding hydrogens is 289 g/mol. The summed E-state index contributed by atoms with van der Waals surface area (Å²) in [6, 6.07) is 4.83. The standard InChI is InChI=1S/C12H17BrFNO2/c1-3-16-11(17-4-2)8-15-12-9(13)6-5-7-10(12)14/h5-7,11,15H,3-4,8H2,1-2H3. The molecule has 0 atom stereocenters. The van der Waals surface area contributed by atoms with Crippen LogP contribution in [0.4, 0.5) is 10.1 Å². The Hall–Kier alpha value is -0.650. The maximum Gasteiger partial charge on any atom is 0.174 e. The molecule has 0 aliphatic heterocycles. The Morgan fingerprint density at radius 1 is 1.29 bits per heavy atom. The van der Waals surface area contributed by atoms with Crippen LogP contribution < -0.4 is 5.32 Å². The first-order valence-electron chi connectivity index (χ1n) is 5.60. The molecule has 0 saturated heterocycles. The lowest BCUT2D eigenvalue weighted by Gasteiger charge is -2.18. The van der Waals surface area contributed by atoms with Gasteiger partial charge in [-0.3, -0.25) is 0 Å². The molecule has 0 aliphatic rings. The minimum atomic E-state index is -0.364. The molecule has 0 bridgehead atoms. The fourth-order valence-corrected chi connectivity index (χ4v) is 1.87. The molecule has 0 fully saturated rings. The lowest BCUT2D eigenvalue weighted by molar-refractivity contribution is -0.126. The third kappa shape index (κ3) is 4.61. The van der Waals surface area contributed by atoms with Crippen LogP contribution in [0, 0.1) is 5.82 Å². The molecule has 0 aromatic heterocycles. The van der Waals surface area contributed by atoms with E-state index in [9.17, 15) is 4.39 Å². The SMILES string of the molecule is CCOC(CNc1c(F)cccc1Br)OCC. The summed E-state index contributed by atoms with van der Waals surface area (Å²) in [4.78, 5) is 0. The van der Waals surface area contributed by atoms with Crippen LogP contribution in [0.5, 0.6) is 0 Å². The molecule has 17 heavy (non-hydrogen) atoms. The fourth-order valence-electron chi connectivity index (χ4n) is 1.39. The zero-order valence-corrected chi connectivity index (χ0v) is 11.6. The molecule has 96 valence electrons. The first kappa shape index (κ1) is 14.4. The van der Waals surface area contributed by atoms with Crippen molar-refractivity contribution in [3.8, 4) is 0 Å². The maximum absolute atomic E-state index is 13.5. The summed E-state index contributed by atoms with van der Waals surface area (Å²) in [7, 11) is 0. The second-order valence-electron chi connectivity index (χ2n) is 3.32. The number of hydrogen-bond acceptors (Lipinski definition) is 3. The largest absolute Gasteiger partial charge is 0.377 e. The number of ether oxygens (including phenoxy) is 2. The van der Waals surface area contributed by atoms with Crippen molar-refractivity contribution in [3.05, 3.63) is 28.5 Å². The Balaban J connectivity index is 2.58. The number of para-hydroxylation sites is 1. The van der Waals surface area contributed by atoms with Crippen molar-refractivity contribution < 1.29 is 13.9 Å². The van der Waals surface area contributed by atoms with Gasteiger partial charge >= 0.3 is 0 Å². The van der Waals surface area contributed by atoms with Crippen molar-refractivity contribution in [2.45, 2.75) is 20.1 Å². The molecule has 0 spiro atoms. The van der Waals surface area contributed by atoms with E-state index in [4.69, 9.17) is 9.47 Å². The van der Waals surface area contributed by atoms with Crippen LogP contribution in [-0.2, 0) is 9.47 Å². The lowest BCUT2D eigenvalue weighted by Crippen LogP contribution is -2.26. The van der Waals surface area contributed by atoms with Crippen LogP contribution in [0.25, 0.3) is 0 Å². The summed E-state index contributed by atoms with van der Waals surface area (Å²) in [5, 5.41) is 2.98. The second-order valence-corrected chi connectivity index (χ2v) is 4.17. The predicted octanol–water partition coefficient (Wildman–Crippen LogP) is 3.40. The summed E-state index contributed by atoms with van der Waals surface area (Å²) in [6.07, 6.45) is -0.364. The van der Waals surface area contributed by atoms with Crippen LogP contribution in [0.1, 0.15) is 13.8 Å². The fraction of sp³-hybridized carbons (Fsp3) is 0.500. The number of benzene rings is 1. The van der Waals surface area contributed by atoms with Gasteiger partial charge in [0, 0.05) is 17.7 Å². The highest BCUT2D eigenvalue weighted by atomic mass is 79.9. The second kappa shape index (κ2) is 7.63. The monoisotopic (exact) mass is 305 g/mol. The van der Waals surface area contributed by atoms with Crippen LogP contribution in [0.15, 0.2) is 22.7 Å². The minimum Gasteiger partial charge on any atom is -0.377 e. The van der Waals surface area contributed by atoms with E-state index in [0.717, 1.165) is 0 Å². The number of halogens is 2. The third-order valence-corrected chi connectivity index (χ3v) is 2.77. The summed E-state index contributed by atoms with van der Waals surface area (Å²) in [5.41, 5.74) is 0.428. The van der Waals surface area contributed by atoms with Gasteiger partial charge in [0.05, 0.1) is 12.2 Å². The van der Waals surface area contributed by atoms with Gasteiger partial charge in [0.25, 0.3) is 0 Å². The molecule has 1 aromatic carbocycles. The molecule has 1 rings (SSSR count). The van der Waals surface area contributed by atoms with Gasteiger partial charge in [0.15, 0.2) is 6.29 Å². The quantitative estimate of drug-likeness (QED) is 0.783. The molecule has 3 nitrogen and oxygen atoms in total. The minimum absolute atomic E-state index is 0.300. The van der Waals surface area contributed by atoms with Gasteiger partial charge < -0.3 is 14.8 Å². The molecule has 0 saturated carbocycles. The molecule has 1 aromatic rings. The highest BCUT2D eigenvalue weighted by Gasteiger charge is 2.11. The number of hydrogen-bond donors (Lipinski definition) is 1. The van der Waals surface area contributed by atoms with E-state index in [1.807, 2.05) is 13.8 Å². The van der Waals surface area contributed by atoms with Gasteiger partial charge in [0.1, 0.15) is 5.82 Å². The molecule has 0 amide bonds. The van der Waals surface area contributed by atoms with Crippen LogP contribution in [0.2, 0.25) is 0 Å². The Kier molecular flexibility index (Phi) is 6.47. The number of rotatable bonds is 7. The van der Waals surface area contributed by atoms with E-state index in [2.05, 4.69) is 21.2 Å². The van der Waals surface area contributed by atoms with Crippen molar-refractivity contribution in [2.75, 3.05) is 25.1 Å². The van der Waals surface area contributed by atoms with E-state index in [0.29, 0.717) is 29.9 Å². The van der Waals surface area contributed by atoms with Crippen molar-refractivity contribution in [2.24, 2.45) is 0 Å². The normalized spacial score (nSPS) is 10.9. The predicted molar refractivity (Wildman–Crippen MR) is 69.6 cm³/mol. The molecule has 0 unspecified atom stereocenters. The Morgan fingerprint density at radius 2 is 1.94 bits per heavy atom. The zero-order chi connectivity index (χ0) is 12.7. The van der Waals surface area contributed by atoms with Crippen molar-refractivity contribution in [1.29, 1.82) is 0 Å². The topological polar surface area (TPSA) is 30.5 Å². The lowest BCUT2D eigenvalue weighted by atomic mass is 10.3. The van der Waals surface area contributed by atoms with Gasteiger partial charge in [-0.05, 0) is 41.9 Å². The van der Waals surface area contributed by atoms with E-state index < -0.39 is 0 Å². The highest BCUT2D eigenvalue weighted by Crippen LogP contribution is 2.25. The van der Waals surface area contributed by atoms with Gasteiger partial charge in [-0.2, -0.15) is 0 Å². The van der Waals surface area contributed by atoms with Crippen molar-refractivity contribution in [3.63, 3.8) is 0 Å². The van der Waals surface area contributed by atoms with Crippen molar-refractivity contribution >= 4 is 21.6 Å². The van der Waals surface area contributed by atoms with E-state index >= 15 is 0 Å². The molecule has 1 N–H and O–H groups in total. The molecule has 5 heteroatoms. The maximum atomic E-state index is 13.5. The Morgan fingerprint density at radius 3 is 2.47 bits per heavy atom. The molecule has 0 radical (unpaired) electrons. The first-order valence-corrected chi connectivity index (χ1v) is 6.39. The van der Waals surface area contributed by atoms with E-state index in [1.165, 1.54) is 6.07 Å². The Bertz CT molecular complexity index is 323. The van der Waals surface area contributed by atoms with Crippen LogP contribution in [-0.4, -0.2) is 26.0 Å². The van der Waals surface area contributed by atoms with Gasteiger partial charge in [-0.25, -0.2) is 4.39 Å². The smallest absolute Gasteiger partial charge is 0.174 e. The third-order valence-electron chi connectivity index (χ3n) is 2.11. The Labute approximate surface area is 109 Å². The average Bonchev–Trinajstić information content (AvgIpc) is 2.29. The van der Waals surface area contributed by atoms with Crippen LogP contribution >= 0.6 is 15.9 Å². The first-order chi connectivity index (χ1) is 8.19. The average molecular weight is 306 g/mol. The molecule has 0 aliphatic carbocycles. The summed E-state index contributed by atoms with van der Waals surface area (Å²) < 4.78 is 24.9. The summed E-state index contributed by atoms with van der Waals surface area (Å²) in [5.74, 6) is -0.300. The summed E-state index contributed by atoms with van der Waals surface area (Å²) >= 11 is 3.29.